The number of methoxy groups -OCH3 is 1. The number of nitrogens with one attached hydrogen (secondary N) is 1. The van der Waals surface area contributed by atoms with Gasteiger partial charge in [0.1, 0.15) is 0 Å². The lowest BCUT2D eigenvalue weighted by molar-refractivity contribution is -0.117. The molecule has 116 valence electrons. The number of benzene rings is 1. The highest BCUT2D eigenvalue weighted by Gasteiger charge is 2.16. The molecule has 1 amide bonds. The third-order valence-corrected chi connectivity index (χ3v) is 4.18. The zero-order chi connectivity index (χ0) is 15.8. The van der Waals surface area contributed by atoms with Crippen molar-refractivity contribution < 1.29 is 19.0 Å². The van der Waals surface area contributed by atoms with Crippen molar-refractivity contribution in [3.8, 4) is 5.75 Å². The van der Waals surface area contributed by atoms with Gasteiger partial charge in [-0.2, -0.15) is 11.8 Å². The van der Waals surface area contributed by atoms with Crippen molar-refractivity contribution in [3.63, 3.8) is 0 Å². The summed E-state index contributed by atoms with van der Waals surface area (Å²) in [7, 11) is 1.39. The highest BCUT2D eigenvalue weighted by Crippen LogP contribution is 2.18. The van der Waals surface area contributed by atoms with Gasteiger partial charge in [0.15, 0.2) is 11.6 Å². The summed E-state index contributed by atoms with van der Waals surface area (Å²) in [5, 5.41) is 11.9. The third-order valence-electron chi connectivity index (χ3n) is 3.01. The Balaban J connectivity index is 2.63. The lowest BCUT2D eigenvalue weighted by atomic mass is 10.2. The van der Waals surface area contributed by atoms with Crippen LogP contribution in [0.2, 0.25) is 0 Å². The molecular formula is C15H20FNO3S. The van der Waals surface area contributed by atoms with Crippen LogP contribution < -0.4 is 10.1 Å². The summed E-state index contributed by atoms with van der Waals surface area (Å²) in [5.74, 6) is -0.599. The summed E-state index contributed by atoms with van der Waals surface area (Å²) in [5.41, 5.74) is 0.569. The van der Waals surface area contributed by atoms with Crippen LogP contribution in [0, 0.1) is 5.82 Å². The largest absolute Gasteiger partial charge is 0.494 e. The third kappa shape index (κ3) is 5.40. The van der Waals surface area contributed by atoms with E-state index in [1.807, 2.05) is 13.2 Å². The molecule has 0 radical (unpaired) electrons. The number of amides is 1. The van der Waals surface area contributed by atoms with E-state index in [1.54, 1.807) is 6.07 Å². The second-order valence-electron chi connectivity index (χ2n) is 4.48. The van der Waals surface area contributed by atoms with Gasteiger partial charge in [-0.05, 0) is 37.0 Å². The van der Waals surface area contributed by atoms with Gasteiger partial charge in [0.2, 0.25) is 5.91 Å². The number of halogens is 1. The molecule has 0 aliphatic heterocycles. The van der Waals surface area contributed by atoms with Crippen molar-refractivity contribution in [2.24, 2.45) is 0 Å². The van der Waals surface area contributed by atoms with Crippen LogP contribution >= 0.6 is 11.8 Å². The van der Waals surface area contributed by atoms with Crippen LogP contribution in [0.4, 0.5) is 4.39 Å². The molecule has 0 saturated carbocycles. The van der Waals surface area contributed by atoms with Crippen LogP contribution in [0.25, 0.3) is 6.08 Å². The minimum absolute atomic E-state index is 0.00395. The first-order valence-electron chi connectivity index (χ1n) is 6.47. The van der Waals surface area contributed by atoms with Gasteiger partial charge in [0, 0.05) is 17.4 Å². The zero-order valence-corrected chi connectivity index (χ0v) is 13.1. The predicted octanol–water partition coefficient (Wildman–Crippen LogP) is 2.08. The molecule has 0 fully saturated rings. The van der Waals surface area contributed by atoms with Gasteiger partial charge in [0.05, 0.1) is 13.7 Å². The van der Waals surface area contributed by atoms with Gasteiger partial charge in [-0.25, -0.2) is 4.39 Å². The molecule has 0 aliphatic rings. The highest BCUT2D eigenvalue weighted by atomic mass is 32.2. The lowest BCUT2D eigenvalue weighted by Crippen LogP contribution is -2.40. The first-order chi connectivity index (χ1) is 10.0. The summed E-state index contributed by atoms with van der Waals surface area (Å²) in [6, 6.07) is 4.30. The number of hydrogen-bond acceptors (Lipinski definition) is 4. The quantitative estimate of drug-likeness (QED) is 0.757. The van der Waals surface area contributed by atoms with Crippen molar-refractivity contribution >= 4 is 23.7 Å². The first-order valence-corrected chi connectivity index (χ1v) is 7.76. The molecule has 2 atom stereocenters. The molecule has 0 aliphatic carbocycles. The molecule has 4 nitrogen and oxygen atoms in total. The Morgan fingerprint density at radius 1 is 1.57 bits per heavy atom. The van der Waals surface area contributed by atoms with E-state index in [2.05, 4.69) is 5.32 Å². The van der Waals surface area contributed by atoms with Crippen LogP contribution in [0.1, 0.15) is 12.5 Å². The van der Waals surface area contributed by atoms with Gasteiger partial charge in [-0.1, -0.05) is 6.07 Å². The number of aliphatic hydroxyl groups excluding tert-OH is 1. The minimum atomic E-state index is -0.476. The summed E-state index contributed by atoms with van der Waals surface area (Å²) in [4.78, 5) is 11.8. The van der Waals surface area contributed by atoms with Gasteiger partial charge in [-0.3, -0.25) is 4.79 Å². The Hall–Kier alpha value is -1.53. The molecule has 21 heavy (non-hydrogen) atoms. The number of carbonyl (C=O) groups excluding carboxylic acids is 1. The van der Waals surface area contributed by atoms with E-state index in [-0.39, 0.29) is 29.6 Å². The summed E-state index contributed by atoms with van der Waals surface area (Å²) in [6.07, 6.45) is 4.74. The summed E-state index contributed by atoms with van der Waals surface area (Å²) < 4.78 is 18.3. The first kappa shape index (κ1) is 17.5. The topological polar surface area (TPSA) is 58.6 Å². The van der Waals surface area contributed by atoms with Crippen LogP contribution in [0.15, 0.2) is 24.3 Å². The molecule has 6 heteroatoms. The Morgan fingerprint density at radius 3 is 2.81 bits per heavy atom. The second-order valence-corrected chi connectivity index (χ2v) is 5.56. The van der Waals surface area contributed by atoms with Crippen LogP contribution in [0.3, 0.4) is 0 Å². The van der Waals surface area contributed by atoms with E-state index in [0.717, 1.165) is 0 Å². The molecule has 0 aromatic heterocycles. The molecule has 1 aromatic rings. The summed E-state index contributed by atoms with van der Waals surface area (Å²) >= 11 is 1.49. The monoisotopic (exact) mass is 313 g/mol. The number of carbonyl (C=O) groups is 1. The number of thioether (sulfide) groups is 1. The fourth-order valence-corrected chi connectivity index (χ4v) is 2.39. The molecule has 2 N–H and O–H groups in total. The molecule has 0 heterocycles. The van der Waals surface area contributed by atoms with E-state index in [4.69, 9.17) is 9.84 Å². The Kier molecular flexibility index (Phi) is 7.25. The van der Waals surface area contributed by atoms with Crippen LogP contribution in [0.5, 0.6) is 5.75 Å². The van der Waals surface area contributed by atoms with E-state index in [9.17, 15) is 9.18 Å². The molecule has 1 rings (SSSR count). The standard InChI is InChI=1S/C15H20FNO3S/c1-10(14(9-18)21-3)17-15(19)7-5-11-4-6-13(20-2)12(16)8-11/h4-8,10,14,18H,9H2,1-3H3,(H,17,19)/b7-5+. The smallest absolute Gasteiger partial charge is 0.244 e. The van der Waals surface area contributed by atoms with E-state index >= 15 is 0 Å². The number of hydrogen-bond donors (Lipinski definition) is 2. The average Bonchev–Trinajstić information content (AvgIpc) is 2.46. The Bertz CT molecular complexity index is 504. The van der Waals surface area contributed by atoms with Gasteiger partial charge < -0.3 is 15.2 Å². The van der Waals surface area contributed by atoms with Gasteiger partial charge >= 0.3 is 0 Å². The number of ether oxygens (including phenoxy) is 1. The van der Waals surface area contributed by atoms with Crippen molar-refractivity contribution in [2.75, 3.05) is 20.0 Å². The fraction of sp³-hybridized carbons (Fsp3) is 0.400. The fourth-order valence-electron chi connectivity index (χ4n) is 1.76. The molecular weight excluding hydrogens is 293 g/mol. The van der Waals surface area contributed by atoms with Gasteiger partial charge in [-0.15, -0.1) is 0 Å². The van der Waals surface area contributed by atoms with Crippen LogP contribution in [-0.4, -0.2) is 42.3 Å². The molecule has 2 unspecified atom stereocenters. The SMILES string of the molecule is COc1ccc(/C=C/C(=O)NC(C)C(CO)SC)cc1F. The number of rotatable bonds is 7. The lowest BCUT2D eigenvalue weighted by Gasteiger charge is -2.20. The Labute approximate surface area is 128 Å². The van der Waals surface area contributed by atoms with Crippen molar-refractivity contribution in [1.29, 1.82) is 0 Å². The maximum atomic E-state index is 13.5. The predicted molar refractivity (Wildman–Crippen MR) is 84.0 cm³/mol. The summed E-state index contributed by atoms with van der Waals surface area (Å²) in [6.45, 7) is 1.83. The normalized spacial score (nSPS) is 14.0. The second kappa shape index (κ2) is 8.69. The van der Waals surface area contributed by atoms with E-state index in [1.165, 1.54) is 43.2 Å². The zero-order valence-electron chi connectivity index (χ0n) is 12.3. The maximum Gasteiger partial charge on any atom is 0.244 e. The van der Waals surface area contributed by atoms with Crippen LogP contribution in [-0.2, 0) is 4.79 Å². The molecule has 1 aromatic carbocycles. The van der Waals surface area contributed by atoms with Crippen molar-refractivity contribution in [2.45, 2.75) is 18.2 Å². The average molecular weight is 313 g/mol. The molecule has 0 spiro atoms. The van der Waals surface area contributed by atoms with E-state index < -0.39 is 5.82 Å². The maximum absolute atomic E-state index is 13.5. The molecule has 0 bridgehead atoms. The van der Waals surface area contributed by atoms with E-state index in [0.29, 0.717) is 5.56 Å². The van der Waals surface area contributed by atoms with Crippen molar-refractivity contribution in [3.05, 3.63) is 35.7 Å². The minimum Gasteiger partial charge on any atom is -0.494 e. The Morgan fingerprint density at radius 2 is 2.29 bits per heavy atom. The highest BCUT2D eigenvalue weighted by molar-refractivity contribution is 7.99. The van der Waals surface area contributed by atoms with Crippen molar-refractivity contribution in [1.82, 2.24) is 5.32 Å². The molecule has 0 saturated heterocycles. The number of aliphatic hydroxyl groups is 1. The van der Waals surface area contributed by atoms with Gasteiger partial charge in [0.25, 0.3) is 0 Å².